The maximum Gasteiger partial charge on any atom is 0.234 e. The summed E-state index contributed by atoms with van der Waals surface area (Å²) in [6.45, 7) is 8.85. The molecule has 3 aromatic rings. The molecule has 0 bridgehead atoms. The summed E-state index contributed by atoms with van der Waals surface area (Å²) in [7, 11) is 1.57. The number of nitrogens with zero attached hydrogens (tertiary/aromatic N) is 3. The van der Waals surface area contributed by atoms with Gasteiger partial charge in [-0.2, -0.15) is 0 Å². The van der Waals surface area contributed by atoms with Crippen LogP contribution in [0.4, 0.5) is 5.69 Å². The molecule has 1 amide bonds. The minimum absolute atomic E-state index is 0.160. The zero-order valence-corrected chi connectivity index (χ0v) is 21.3. The first-order chi connectivity index (χ1) is 15.9. The molecular weight excluding hydrogens is 504 g/mol. The van der Waals surface area contributed by atoms with Crippen molar-refractivity contribution >= 4 is 39.3 Å². The molecule has 2 aromatic carbocycles. The first-order valence-corrected chi connectivity index (χ1v) is 12.2. The number of anilines is 1. The highest BCUT2D eigenvalue weighted by molar-refractivity contribution is 9.10. The monoisotopic (exact) mass is 530 g/mol. The van der Waals surface area contributed by atoms with Gasteiger partial charge in [0, 0.05) is 11.0 Å². The molecule has 0 saturated carbocycles. The molecule has 0 spiro atoms. The summed E-state index contributed by atoms with van der Waals surface area (Å²) in [6.07, 6.45) is 1.77. The first-order valence-electron chi connectivity index (χ1n) is 10.4. The summed E-state index contributed by atoms with van der Waals surface area (Å²) < 4.78 is 14.3. The van der Waals surface area contributed by atoms with E-state index in [2.05, 4.69) is 57.9 Å². The predicted octanol–water partition coefficient (Wildman–Crippen LogP) is 5.67. The van der Waals surface area contributed by atoms with Crippen LogP contribution >= 0.6 is 27.7 Å². The van der Waals surface area contributed by atoms with Gasteiger partial charge >= 0.3 is 0 Å². The fourth-order valence-electron chi connectivity index (χ4n) is 3.15. The molecule has 0 aliphatic rings. The SMILES string of the molecule is C=CCn1c(COc2ccc(Br)cc2C(C)C)nnc1SCC(=O)Nc1ccccc1OC. The average Bonchev–Trinajstić information content (AvgIpc) is 3.18. The van der Waals surface area contributed by atoms with Crippen molar-refractivity contribution in [2.24, 2.45) is 0 Å². The van der Waals surface area contributed by atoms with Crippen molar-refractivity contribution in [3.05, 3.63) is 71.0 Å². The molecule has 0 atom stereocenters. The van der Waals surface area contributed by atoms with E-state index in [4.69, 9.17) is 9.47 Å². The van der Waals surface area contributed by atoms with E-state index >= 15 is 0 Å². The molecule has 0 unspecified atom stereocenters. The molecule has 1 aromatic heterocycles. The Balaban J connectivity index is 1.67. The number of amides is 1. The van der Waals surface area contributed by atoms with Gasteiger partial charge in [0.2, 0.25) is 5.91 Å². The van der Waals surface area contributed by atoms with Crippen LogP contribution in [0.25, 0.3) is 0 Å². The molecule has 7 nitrogen and oxygen atoms in total. The zero-order valence-electron chi connectivity index (χ0n) is 18.9. The van der Waals surface area contributed by atoms with E-state index in [-0.39, 0.29) is 18.3 Å². The van der Waals surface area contributed by atoms with E-state index in [0.717, 1.165) is 15.8 Å². The minimum atomic E-state index is -0.160. The number of allylic oxidation sites excluding steroid dienone is 1. The van der Waals surface area contributed by atoms with E-state index in [0.29, 0.717) is 34.9 Å². The highest BCUT2D eigenvalue weighted by Gasteiger charge is 2.16. The van der Waals surface area contributed by atoms with Crippen molar-refractivity contribution in [2.45, 2.75) is 38.1 Å². The molecule has 33 heavy (non-hydrogen) atoms. The fourth-order valence-corrected chi connectivity index (χ4v) is 4.30. The maximum atomic E-state index is 12.5. The minimum Gasteiger partial charge on any atom is -0.495 e. The Labute approximate surface area is 206 Å². The number of thioether (sulfide) groups is 1. The van der Waals surface area contributed by atoms with Crippen LogP contribution in [0.3, 0.4) is 0 Å². The highest BCUT2D eigenvalue weighted by atomic mass is 79.9. The summed E-state index contributed by atoms with van der Waals surface area (Å²) in [4.78, 5) is 12.5. The van der Waals surface area contributed by atoms with Gasteiger partial charge in [0.1, 0.15) is 18.1 Å². The third-order valence-corrected chi connectivity index (χ3v) is 6.23. The number of carbonyl (C=O) groups excluding carboxylic acids is 1. The second kappa shape index (κ2) is 11.9. The largest absolute Gasteiger partial charge is 0.495 e. The number of carbonyl (C=O) groups is 1. The summed E-state index contributed by atoms with van der Waals surface area (Å²) in [5.74, 6) is 2.42. The highest BCUT2D eigenvalue weighted by Crippen LogP contribution is 2.30. The molecule has 174 valence electrons. The fraction of sp³-hybridized carbons (Fsp3) is 0.292. The van der Waals surface area contributed by atoms with E-state index in [1.165, 1.54) is 11.8 Å². The zero-order chi connectivity index (χ0) is 23.8. The number of para-hydroxylation sites is 2. The number of aromatic nitrogens is 3. The molecule has 0 aliphatic heterocycles. The number of rotatable bonds is 11. The third-order valence-electron chi connectivity index (χ3n) is 4.77. The number of methoxy groups -OCH3 is 1. The van der Waals surface area contributed by atoms with Gasteiger partial charge in [0.15, 0.2) is 11.0 Å². The molecular formula is C24H27BrN4O3S. The van der Waals surface area contributed by atoms with Crippen molar-refractivity contribution < 1.29 is 14.3 Å². The van der Waals surface area contributed by atoms with E-state index in [1.54, 1.807) is 25.3 Å². The van der Waals surface area contributed by atoms with Gasteiger partial charge in [-0.3, -0.25) is 9.36 Å². The lowest BCUT2D eigenvalue weighted by Gasteiger charge is -2.15. The van der Waals surface area contributed by atoms with Crippen LogP contribution in [-0.2, 0) is 17.9 Å². The Hall–Kier alpha value is -2.78. The van der Waals surface area contributed by atoms with Gasteiger partial charge < -0.3 is 14.8 Å². The average molecular weight is 531 g/mol. The second-order valence-electron chi connectivity index (χ2n) is 7.46. The smallest absolute Gasteiger partial charge is 0.234 e. The summed E-state index contributed by atoms with van der Waals surface area (Å²) in [5, 5.41) is 12.1. The van der Waals surface area contributed by atoms with Gasteiger partial charge in [0.05, 0.1) is 18.6 Å². The second-order valence-corrected chi connectivity index (χ2v) is 9.32. The predicted molar refractivity (Wildman–Crippen MR) is 135 cm³/mol. The Morgan fingerprint density at radius 2 is 2.03 bits per heavy atom. The van der Waals surface area contributed by atoms with Crippen molar-refractivity contribution in [2.75, 3.05) is 18.2 Å². The van der Waals surface area contributed by atoms with Gasteiger partial charge in [-0.1, -0.05) is 59.7 Å². The van der Waals surface area contributed by atoms with Crippen molar-refractivity contribution in [1.29, 1.82) is 0 Å². The van der Waals surface area contributed by atoms with Crippen molar-refractivity contribution in [3.8, 4) is 11.5 Å². The lowest BCUT2D eigenvalue weighted by Crippen LogP contribution is -2.15. The van der Waals surface area contributed by atoms with E-state index in [9.17, 15) is 4.79 Å². The van der Waals surface area contributed by atoms with Crippen molar-refractivity contribution in [1.82, 2.24) is 14.8 Å². The Morgan fingerprint density at radius 3 is 2.76 bits per heavy atom. The number of halogens is 1. The van der Waals surface area contributed by atoms with Crippen LogP contribution in [0.2, 0.25) is 0 Å². The van der Waals surface area contributed by atoms with E-state index < -0.39 is 0 Å². The van der Waals surface area contributed by atoms with Gasteiger partial charge in [0.25, 0.3) is 0 Å². The van der Waals surface area contributed by atoms with Gasteiger partial charge in [-0.15, -0.1) is 16.8 Å². The van der Waals surface area contributed by atoms with Crippen LogP contribution < -0.4 is 14.8 Å². The molecule has 1 heterocycles. The van der Waals surface area contributed by atoms with Crippen LogP contribution in [0.1, 0.15) is 31.2 Å². The van der Waals surface area contributed by atoms with Gasteiger partial charge in [-0.25, -0.2) is 0 Å². The number of benzene rings is 2. The van der Waals surface area contributed by atoms with Crippen LogP contribution in [0, 0.1) is 0 Å². The molecule has 0 fully saturated rings. The lowest BCUT2D eigenvalue weighted by molar-refractivity contribution is -0.113. The van der Waals surface area contributed by atoms with Crippen LogP contribution in [-0.4, -0.2) is 33.5 Å². The van der Waals surface area contributed by atoms with Crippen molar-refractivity contribution in [3.63, 3.8) is 0 Å². The Morgan fingerprint density at radius 1 is 1.24 bits per heavy atom. The standard InChI is InChI=1S/C24H27BrN4O3S/c1-5-12-29-22(14-32-20-11-10-17(25)13-18(20)16(2)3)27-28-24(29)33-15-23(30)26-19-8-6-7-9-21(19)31-4/h5-11,13,16H,1,12,14-15H2,2-4H3,(H,26,30). The molecule has 0 saturated heterocycles. The molecule has 3 rings (SSSR count). The number of ether oxygens (including phenoxy) is 2. The lowest BCUT2D eigenvalue weighted by atomic mass is 10.0. The number of hydrogen-bond acceptors (Lipinski definition) is 6. The summed E-state index contributed by atoms with van der Waals surface area (Å²) in [6, 6.07) is 13.3. The van der Waals surface area contributed by atoms with E-state index in [1.807, 2.05) is 28.8 Å². The van der Waals surface area contributed by atoms with Gasteiger partial charge in [-0.05, 0) is 41.8 Å². The number of hydrogen-bond donors (Lipinski definition) is 1. The molecule has 0 aliphatic carbocycles. The Bertz CT molecular complexity index is 1120. The molecule has 1 N–H and O–H groups in total. The number of nitrogens with one attached hydrogen (secondary N) is 1. The van der Waals surface area contributed by atoms with Crippen LogP contribution in [0.5, 0.6) is 11.5 Å². The Kier molecular flexibility index (Phi) is 8.96. The summed E-state index contributed by atoms with van der Waals surface area (Å²) >= 11 is 4.83. The molecule has 9 heteroatoms. The molecule has 0 radical (unpaired) electrons. The first kappa shape index (κ1) is 24.9. The van der Waals surface area contributed by atoms with Crippen LogP contribution in [0.15, 0.2) is 64.7 Å². The quantitative estimate of drug-likeness (QED) is 0.254. The summed E-state index contributed by atoms with van der Waals surface area (Å²) in [5.41, 5.74) is 1.74. The normalized spacial score (nSPS) is 10.8. The third kappa shape index (κ3) is 6.61. The maximum absolute atomic E-state index is 12.5. The topological polar surface area (TPSA) is 78.3 Å².